The summed E-state index contributed by atoms with van der Waals surface area (Å²) in [4.78, 5) is 1.18. The van der Waals surface area contributed by atoms with E-state index in [1.54, 1.807) is 11.8 Å². The van der Waals surface area contributed by atoms with Gasteiger partial charge in [-0.2, -0.15) is 0 Å². The number of thioether (sulfide) groups is 1. The third-order valence-electron chi connectivity index (χ3n) is 2.89. The first-order valence-electron chi connectivity index (χ1n) is 5.70. The van der Waals surface area contributed by atoms with Gasteiger partial charge >= 0.3 is 0 Å². The van der Waals surface area contributed by atoms with Gasteiger partial charge in [-0.05, 0) is 54.8 Å². The maximum absolute atomic E-state index is 13.7. The van der Waals surface area contributed by atoms with Crippen molar-refractivity contribution in [1.29, 1.82) is 0 Å². The summed E-state index contributed by atoms with van der Waals surface area (Å²) in [5.41, 5.74) is 3.30. The Morgan fingerprint density at radius 1 is 1.06 bits per heavy atom. The van der Waals surface area contributed by atoms with Gasteiger partial charge in [0.1, 0.15) is 5.82 Å². The molecule has 0 radical (unpaired) electrons. The van der Waals surface area contributed by atoms with Crippen molar-refractivity contribution in [3.05, 3.63) is 63.4 Å². The molecule has 0 spiro atoms. The normalized spacial score (nSPS) is 10.7. The summed E-state index contributed by atoms with van der Waals surface area (Å²) in [6.45, 7) is 4.19. The van der Waals surface area contributed by atoms with Crippen molar-refractivity contribution in [2.75, 3.05) is 0 Å². The quantitative estimate of drug-likeness (QED) is 0.672. The van der Waals surface area contributed by atoms with Crippen LogP contribution in [0.15, 0.2) is 45.8 Å². The van der Waals surface area contributed by atoms with Crippen molar-refractivity contribution in [2.45, 2.75) is 24.5 Å². The van der Waals surface area contributed by atoms with Crippen LogP contribution in [-0.4, -0.2) is 0 Å². The molecule has 0 bridgehead atoms. The van der Waals surface area contributed by atoms with Crippen molar-refractivity contribution < 1.29 is 4.39 Å². The molecule has 2 aromatic carbocycles. The molecule has 0 aliphatic carbocycles. The molecule has 0 atom stereocenters. The number of benzene rings is 2. The molecule has 2 rings (SSSR count). The third kappa shape index (κ3) is 3.36. The Morgan fingerprint density at radius 3 is 2.50 bits per heavy atom. The Balaban J connectivity index is 2.09. The average Bonchev–Trinajstić information content (AvgIpc) is 2.32. The Kier molecular flexibility index (Phi) is 4.46. The summed E-state index contributed by atoms with van der Waals surface area (Å²) < 4.78 is 14.4. The molecule has 0 aliphatic rings. The van der Waals surface area contributed by atoms with Crippen LogP contribution in [0.1, 0.15) is 16.7 Å². The van der Waals surface area contributed by atoms with Crippen molar-refractivity contribution in [2.24, 2.45) is 0 Å². The fraction of sp³-hybridized carbons (Fsp3) is 0.200. The van der Waals surface area contributed by atoms with Gasteiger partial charge in [0.2, 0.25) is 0 Å². The van der Waals surface area contributed by atoms with E-state index in [1.807, 2.05) is 12.1 Å². The van der Waals surface area contributed by atoms with Crippen molar-refractivity contribution >= 4 is 27.7 Å². The number of halogens is 2. The van der Waals surface area contributed by atoms with E-state index in [1.165, 1.54) is 22.1 Å². The van der Waals surface area contributed by atoms with Crippen molar-refractivity contribution in [3.63, 3.8) is 0 Å². The zero-order valence-electron chi connectivity index (χ0n) is 10.3. The Bertz CT molecular complexity index is 566. The summed E-state index contributed by atoms with van der Waals surface area (Å²) in [5.74, 6) is 0.502. The molecule has 0 saturated carbocycles. The largest absolute Gasteiger partial charge is 0.207 e. The number of hydrogen-bond acceptors (Lipinski definition) is 1. The fourth-order valence-corrected chi connectivity index (χ4v) is 2.92. The standard InChI is InChI=1S/C15H14BrFS/c1-10-3-6-14(7-11(10)2)18-9-12-4-5-13(16)8-15(12)17/h3-8H,9H2,1-2H3. The van der Waals surface area contributed by atoms with E-state index in [9.17, 15) is 4.39 Å². The zero-order chi connectivity index (χ0) is 13.1. The van der Waals surface area contributed by atoms with Crippen molar-refractivity contribution in [1.82, 2.24) is 0 Å². The fourth-order valence-electron chi connectivity index (χ4n) is 1.60. The molecule has 18 heavy (non-hydrogen) atoms. The highest BCUT2D eigenvalue weighted by Gasteiger charge is 2.04. The summed E-state index contributed by atoms with van der Waals surface area (Å²) in [7, 11) is 0. The maximum Gasteiger partial charge on any atom is 0.128 e. The van der Waals surface area contributed by atoms with E-state index < -0.39 is 0 Å². The Hall–Kier alpha value is -0.800. The lowest BCUT2D eigenvalue weighted by molar-refractivity contribution is 0.616. The lowest BCUT2D eigenvalue weighted by atomic mass is 10.1. The first kappa shape index (κ1) is 13.6. The first-order chi connectivity index (χ1) is 8.56. The van der Waals surface area contributed by atoms with E-state index in [0.29, 0.717) is 5.75 Å². The molecule has 0 nitrogen and oxygen atoms in total. The molecule has 94 valence electrons. The molecular weight excluding hydrogens is 311 g/mol. The number of rotatable bonds is 3. The van der Waals surface area contributed by atoms with Crippen LogP contribution in [0.5, 0.6) is 0 Å². The molecule has 0 saturated heterocycles. The Morgan fingerprint density at radius 2 is 1.83 bits per heavy atom. The molecule has 2 aromatic rings. The topological polar surface area (TPSA) is 0 Å². The highest BCUT2D eigenvalue weighted by atomic mass is 79.9. The molecular formula is C15H14BrFS. The SMILES string of the molecule is Cc1ccc(SCc2ccc(Br)cc2F)cc1C. The van der Waals surface area contributed by atoms with Gasteiger partial charge in [0.05, 0.1) is 0 Å². The van der Waals surface area contributed by atoms with E-state index in [4.69, 9.17) is 0 Å². The molecule has 0 unspecified atom stereocenters. The molecule has 0 amide bonds. The van der Waals surface area contributed by atoms with Crippen LogP contribution in [0.3, 0.4) is 0 Å². The van der Waals surface area contributed by atoms with Crippen LogP contribution in [0.4, 0.5) is 4.39 Å². The lowest BCUT2D eigenvalue weighted by Crippen LogP contribution is -1.88. The summed E-state index contributed by atoms with van der Waals surface area (Å²) in [6.07, 6.45) is 0. The van der Waals surface area contributed by atoms with E-state index >= 15 is 0 Å². The predicted molar refractivity (Wildman–Crippen MR) is 79.6 cm³/mol. The summed E-state index contributed by atoms with van der Waals surface area (Å²) in [6, 6.07) is 11.6. The number of aryl methyl sites for hydroxylation is 2. The minimum Gasteiger partial charge on any atom is -0.207 e. The molecule has 0 aliphatic heterocycles. The van der Waals surface area contributed by atoms with Crippen LogP contribution < -0.4 is 0 Å². The van der Waals surface area contributed by atoms with E-state index in [0.717, 1.165) is 10.0 Å². The molecule has 0 aromatic heterocycles. The summed E-state index contributed by atoms with van der Waals surface area (Å²) >= 11 is 4.92. The van der Waals surface area contributed by atoms with Gasteiger partial charge in [-0.1, -0.05) is 28.1 Å². The highest BCUT2D eigenvalue weighted by Crippen LogP contribution is 2.26. The van der Waals surface area contributed by atoms with E-state index in [-0.39, 0.29) is 5.82 Å². The smallest absolute Gasteiger partial charge is 0.128 e. The highest BCUT2D eigenvalue weighted by molar-refractivity contribution is 9.10. The minimum absolute atomic E-state index is 0.152. The zero-order valence-corrected chi connectivity index (χ0v) is 12.7. The van der Waals surface area contributed by atoms with Crippen LogP contribution in [0, 0.1) is 19.7 Å². The molecule has 0 fully saturated rings. The first-order valence-corrected chi connectivity index (χ1v) is 7.48. The van der Waals surface area contributed by atoms with Crippen molar-refractivity contribution in [3.8, 4) is 0 Å². The predicted octanol–water partition coefficient (Wildman–Crippen LogP) is 5.50. The van der Waals surface area contributed by atoms with Crippen LogP contribution in [-0.2, 0) is 5.75 Å². The van der Waals surface area contributed by atoms with Gasteiger partial charge in [-0.3, -0.25) is 0 Å². The Labute approximate surface area is 120 Å². The molecule has 0 heterocycles. The van der Waals surface area contributed by atoms with E-state index in [2.05, 4.69) is 48.0 Å². The van der Waals surface area contributed by atoms with Gasteiger partial charge < -0.3 is 0 Å². The van der Waals surface area contributed by atoms with Gasteiger partial charge in [0.25, 0.3) is 0 Å². The average molecular weight is 325 g/mol. The third-order valence-corrected chi connectivity index (χ3v) is 4.42. The summed E-state index contributed by atoms with van der Waals surface area (Å²) in [5, 5.41) is 0. The second-order valence-electron chi connectivity index (χ2n) is 4.27. The molecule has 0 N–H and O–H groups in total. The van der Waals surface area contributed by atoms with Crippen LogP contribution in [0.2, 0.25) is 0 Å². The second-order valence-corrected chi connectivity index (χ2v) is 6.23. The lowest BCUT2D eigenvalue weighted by Gasteiger charge is -2.06. The van der Waals surface area contributed by atoms with Gasteiger partial charge in [0.15, 0.2) is 0 Å². The molecule has 3 heteroatoms. The van der Waals surface area contributed by atoms with Crippen LogP contribution in [0.25, 0.3) is 0 Å². The second kappa shape index (κ2) is 5.89. The van der Waals surface area contributed by atoms with Gasteiger partial charge in [-0.25, -0.2) is 4.39 Å². The van der Waals surface area contributed by atoms with Gasteiger partial charge in [-0.15, -0.1) is 11.8 Å². The minimum atomic E-state index is -0.152. The number of hydrogen-bond donors (Lipinski definition) is 0. The monoisotopic (exact) mass is 324 g/mol. The maximum atomic E-state index is 13.7. The van der Waals surface area contributed by atoms with Gasteiger partial charge in [0, 0.05) is 15.1 Å². The van der Waals surface area contributed by atoms with Crippen LogP contribution >= 0.6 is 27.7 Å².